The van der Waals surface area contributed by atoms with Gasteiger partial charge in [0.1, 0.15) is 5.75 Å². The maximum atomic E-state index is 11.6. The monoisotopic (exact) mass is 323 g/mol. The highest BCUT2D eigenvalue weighted by Crippen LogP contribution is 2.36. The summed E-state index contributed by atoms with van der Waals surface area (Å²) in [5, 5.41) is 3.09. The fraction of sp³-hybridized carbons (Fsp3) is 0.562. The number of fused-ring (bicyclic) bond motifs is 1. The fourth-order valence-electron chi connectivity index (χ4n) is 2.87. The Kier molecular flexibility index (Phi) is 4.97. The summed E-state index contributed by atoms with van der Waals surface area (Å²) in [6.45, 7) is 0.277. The number of hydrogen-bond acceptors (Lipinski definition) is 5. The van der Waals surface area contributed by atoms with Crippen LogP contribution in [-0.2, 0) is 4.79 Å². The normalized spacial score (nSPS) is 23.1. The molecule has 1 aliphatic heterocycles. The lowest BCUT2D eigenvalue weighted by atomic mass is 9.93. The molecular formula is C16H21NO4S. The molecule has 0 aromatic heterocycles. The Morgan fingerprint density at radius 3 is 2.82 bits per heavy atom. The first-order valence-corrected chi connectivity index (χ1v) is 8.98. The van der Waals surface area contributed by atoms with Gasteiger partial charge in [-0.15, -0.1) is 0 Å². The van der Waals surface area contributed by atoms with Crippen molar-refractivity contribution in [3.8, 4) is 17.2 Å². The fourth-order valence-corrected chi connectivity index (χ4v) is 3.21. The first-order chi connectivity index (χ1) is 10.7. The largest absolute Gasteiger partial charge is 0.490 e. The molecule has 1 saturated carbocycles. The molecule has 1 aromatic rings. The summed E-state index contributed by atoms with van der Waals surface area (Å²) < 4.78 is 16.7. The SMILES string of the molecule is CSCC(=O)NC1CCC(Oc2ccc3c(c2)OCO3)CC1. The van der Waals surface area contributed by atoms with Crippen LogP contribution in [0.3, 0.4) is 0 Å². The molecule has 0 spiro atoms. The highest BCUT2D eigenvalue weighted by atomic mass is 32.2. The van der Waals surface area contributed by atoms with Crippen molar-refractivity contribution < 1.29 is 19.0 Å². The van der Waals surface area contributed by atoms with E-state index < -0.39 is 0 Å². The number of benzene rings is 1. The molecule has 0 saturated heterocycles. The molecule has 2 aliphatic rings. The van der Waals surface area contributed by atoms with Crippen LogP contribution < -0.4 is 19.5 Å². The van der Waals surface area contributed by atoms with Gasteiger partial charge in [0.05, 0.1) is 11.9 Å². The van der Waals surface area contributed by atoms with Crippen molar-refractivity contribution in [2.45, 2.75) is 37.8 Å². The molecule has 3 rings (SSSR count). The first-order valence-electron chi connectivity index (χ1n) is 7.59. The zero-order valence-corrected chi connectivity index (χ0v) is 13.5. The third-order valence-corrected chi connectivity index (χ3v) is 4.51. The van der Waals surface area contributed by atoms with E-state index in [9.17, 15) is 4.79 Å². The van der Waals surface area contributed by atoms with E-state index in [1.54, 1.807) is 11.8 Å². The van der Waals surface area contributed by atoms with Crippen LogP contribution in [0.2, 0.25) is 0 Å². The van der Waals surface area contributed by atoms with Crippen LogP contribution in [0.4, 0.5) is 0 Å². The molecule has 1 N–H and O–H groups in total. The van der Waals surface area contributed by atoms with Crippen LogP contribution in [0.25, 0.3) is 0 Å². The standard InChI is InChI=1S/C16H21NO4S/c1-22-9-16(18)17-11-2-4-12(5-3-11)21-13-6-7-14-15(8-13)20-10-19-14/h6-8,11-12H,2-5,9-10H2,1H3,(H,17,18). The van der Waals surface area contributed by atoms with Crippen molar-refractivity contribution in [1.29, 1.82) is 0 Å². The number of thioether (sulfide) groups is 1. The molecular weight excluding hydrogens is 302 g/mol. The second-order valence-electron chi connectivity index (χ2n) is 5.61. The molecule has 5 nitrogen and oxygen atoms in total. The van der Waals surface area contributed by atoms with Gasteiger partial charge in [0.2, 0.25) is 12.7 Å². The van der Waals surface area contributed by atoms with E-state index in [1.807, 2.05) is 24.5 Å². The predicted molar refractivity (Wildman–Crippen MR) is 85.8 cm³/mol. The van der Waals surface area contributed by atoms with E-state index in [2.05, 4.69) is 5.32 Å². The van der Waals surface area contributed by atoms with E-state index >= 15 is 0 Å². The maximum absolute atomic E-state index is 11.6. The van der Waals surface area contributed by atoms with Crippen molar-refractivity contribution in [1.82, 2.24) is 5.32 Å². The van der Waals surface area contributed by atoms with Gasteiger partial charge < -0.3 is 19.5 Å². The minimum absolute atomic E-state index is 0.132. The van der Waals surface area contributed by atoms with Crippen LogP contribution in [-0.4, -0.2) is 36.9 Å². The number of hydrogen-bond donors (Lipinski definition) is 1. The van der Waals surface area contributed by atoms with Gasteiger partial charge in [-0.2, -0.15) is 11.8 Å². The first kappa shape index (κ1) is 15.3. The number of carbonyl (C=O) groups is 1. The van der Waals surface area contributed by atoms with Crippen LogP contribution in [0.1, 0.15) is 25.7 Å². The summed E-state index contributed by atoms with van der Waals surface area (Å²) in [5.41, 5.74) is 0. The number of amides is 1. The summed E-state index contributed by atoms with van der Waals surface area (Å²) in [6, 6.07) is 5.97. The van der Waals surface area contributed by atoms with E-state index in [4.69, 9.17) is 14.2 Å². The minimum Gasteiger partial charge on any atom is -0.490 e. The topological polar surface area (TPSA) is 56.8 Å². The lowest BCUT2D eigenvalue weighted by molar-refractivity contribution is -0.119. The van der Waals surface area contributed by atoms with E-state index in [-0.39, 0.29) is 24.8 Å². The number of ether oxygens (including phenoxy) is 3. The molecule has 0 radical (unpaired) electrons. The second-order valence-corrected chi connectivity index (χ2v) is 6.47. The van der Waals surface area contributed by atoms with Crippen molar-refractivity contribution in [2.75, 3.05) is 18.8 Å². The molecule has 0 atom stereocenters. The predicted octanol–water partition coefficient (Wildman–Crippen LogP) is 2.58. The Bertz CT molecular complexity index is 529. The molecule has 0 unspecified atom stereocenters. The van der Waals surface area contributed by atoms with Gasteiger partial charge in [0.15, 0.2) is 11.5 Å². The zero-order chi connectivity index (χ0) is 15.4. The summed E-state index contributed by atoms with van der Waals surface area (Å²) >= 11 is 1.55. The highest BCUT2D eigenvalue weighted by molar-refractivity contribution is 7.99. The average molecular weight is 323 g/mol. The van der Waals surface area contributed by atoms with E-state index in [1.165, 1.54) is 0 Å². The Morgan fingerprint density at radius 2 is 2.05 bits per heavy atom. The van der Waals surface area contributed by atoms with Gasteiger partial charge in [-0.25, -0.2) is 0 Å². The average Bonchev–Trinajstić information content (AvgIpc) is 2.97. The number of rotatable bonds is 5. The van der Waals surface area contributed by atoms with Crippen LogP contribution in [0.15, 0.2) is 18.2 Å². The molecule has 6 heteroatoms. The smallest absolute Gasteiger partial charge is 0.231 e. The van der Waals surface area contributed by atoms with E-state index in [0.717, 1.165) is 42.9 Å². The van der Waals surface area contributed by atoms with Crippen molar-refractivity contribution in [3.05, 3.63) is 18.2 Å². The molecule has 1 aliphatic carbocycles. The number of carbonyl (C=O) groups excluding carboxylic acids is 1. The minimum atomic E-state index is 0.132. The summed E-state index contributed by atoms with van der Waals surface area (Å²) in [4.78, 5) is 11.6. The van der Waals surface area contributed by atoms with Gasteiger partial charge in [-0.1, -0.05) is 0 Å². The third-order valence-electron chi connectivity index (χ3n) is 3.96. The molecule has 1 amide bonds. The summed E-state index contributed by atoms with van der Waals surface area (Å²) in [7, 11) is 0. The van der Waals surface area contributed by atoms with Crippen LogP contribution in [0, 0.1) is 0 Å². The highest BCUT2D eigenvalue weighted by Gasteiger charge is 2.24. The van der Waals surface area contributed by atoms with Crippen molar-refractivity contribution in [2.24, 2.45) is 0 Å². The molecule has 22 heavy (non-hydrogen) atoms. The Labute approximate surface area is 134 Å². The van der Waals surface area contributed by atoms with Gasteiger partial charge in [-0.3, -0.25) is 4.79 Å². The Morgan fingerprint density at radius 1 is 1.27 bits per heavy atom. The lowest BCUT2D eigenvalue weighted by Gasteiger charge is -2.29. The number of nitrogens with one attached hydrogen (secondary N) is 1. The zero-order valence-electron chi connectivity index (χ0n) is 12.7. The van der Waals surface area contributed by atoms with Gasteiger partial charge in [-0.05, 0) is 44.1 Å². The molecule has 1 heterocycles. The summed E-state index contributed by atoms with van der Waals surface area (Å²) in [6.07, 6.45) is 5.99. The quantitative estimate of drug-likeness (QED) is 0.902. The molecule has 1 fully saturated rings. The Hall–Kier alpha value is -1.56. The molecule has 120 valence electrons. The molecule has 0 bridgehead atoms. The third kappa shape index (κ3) is 3.80. The van der Waals surface area contributed by atoms with Crippen molar-refractivity contribution in [3.63, 3.8) is 0 Å². The van der Waals surface area contributed by atoms with Gasteiger partial charge >= 0.3 is 0 Å². The lowest BCUT2D eigenvalue weighted by Crippen LogP contribution is -2.40. The van der Waals surface area contributed by atoms with Crippen LogP contribution in [0.5, 0.6) is 17.2 Å². The van der Waals surface area contributed by atoms with E-state index in [0.29, 0.717) is 5.75 Å². The summed E-state index contributed by atoms with van der Waals surface area (Å²) in [5.74, 6) is 3.00. The molecule has 1 aromatic carbocycles. The van der Waals surface area contributed by atoms with Gasteiger partial charge in [0, 0.05) is 12.1 Å². The Balaban J connectivity index is 1.47. The van der Waals surface area contributed by atoms with Gasteiger partial charge in [0.25, 0.3) is 0 Å². The second kappa shape index (κ2) is 7.13. The van der Waals surface area contributed by atoms with Crippen molar-refractivity contribution >= 4 is 17.7 Å². The maximum Gasteiger partial charge on any atom is 0.231 e. The van der Waals surface area contributed by atoms with Crippen LogP contribution >= 0.6 is 11.8 Å².